The maximum absolute atomic E-state index is 13.6. The second-order valence-electron chi connectivity index (χ2n) is 9.65. The number of aryl methyl sites for hydroxylation is 1. The van der Waals surface area contributed by atoms with Crippen LogP contribution in [-0.4, -0.2) is 33.0 Å². The van der Waals surface area contributed by atoms with E-state index in [2.05, 4.69) is 10.3 Å². The zero-order valence-corrected chi connectivity index (χ0v) is 21.2. The third kappa shape index (κ3) is 5.61. The van der Waals surface area contributed by atoms with Crippen molar-refractivity contribution in [2.45, 2.75) is 71.9 Å². The van der Waals surface area contributed by atoms with Gasteiger partial charge in [-0.25, -0.2) is 4.68 Å². The van der Waals surface area contributed by atoms with E-state index >= 15 is 0 Å². The number of anilines is 1. The van der Waals surface area contributed by atoms with E-state index in [4.69, 9.17) is 0 Å². The molecule has 0 saturated heterocycles. The second kappa shape index (κ2) is 11.9. The van der Waals surface area contributed by atoms with Crippen molar-refractivity contribution in [1.29, 1.82) is 0 Å². The first kappa shape index (κ1) is 25.5. The summed E-state index contributed by atoms with van der Waals surface area (Å²) in [6.45, 7) is 4.92. The smallest absolute Gasteiger partial charge is 0.227 e. The average molecular weight is 487 g/mol. The fraction of sp³-hybridized carbons (Fsp3) is 0.414. The minimum Gasteiger partial charge on any atom is -0.307 e. The summed E-state index contributed by atoms with van der Waals surface area (Å²) in [5.41, 5.74) is 5.46. The number of carbonyl (C=O) groups excluding carboxylic acids is 3. The van der Waals surface area contributed by atoms with Gasteiger partial charge in [0.1, 0.15) is 17.8 Å². The van der Waals surface area contributed by atoms with Gasteiger partial charge in [-0.3, -0.25) is 9.59 Å². The van der Waals surface area contributed by atoms with Crippen molar-refractivity contribution in [2.75, 3.05) is 4.90 Å². The normalized spacial score (nSPS) is 12.4. The standard InChI is InChI=1S/C29H34N4O3/c1-21(2)26(35)16-8-9-17-27(36)32-20-22-12-4-5-13-23(22)28-29(24-14-6-7-15-25(24)32)33(31-30-28)18-10-3-11-19-34/h4-7,12-15,19,21H,3,8-11,16-18,20H2,1-2H3. The largest absolute Gasteiger partial charge is 0.307 e. The van der Waals surface area contributed by atoms with Crippen LogP contribution < -0.4 is 4.90 Å². The number of amides is 1. The highest BCUT2D eigenvalue weighted by Gasteiger charge is 2.28. The molecule has 1 aliphatic rings. The van der Waals surface area contributed by atoms with Crippen LogP contribution in [0.1, 0.15) is 64.4 Å². The van der Waals surface area contributed by atoms with Crippen LogP contribution in [0.5, 0.6) is 0 Å². The first-order chi connectivity index (χ1) is 17.5. The number of aromatic nitrogens is 3. The lowest BCUT2D eigenvalue weighted by molar-refractivity contribution is -0.122. The van der Waals surface area contributed by atoms with E-state index in [1.807, 2.05) is 72.0 Å². The molecule has 2 heterocycles. The van der Waals surface area contributed by atoms with Gasteiger partial charge in [-0.2, -0.15) is 0 Å². The molecule has 0 atom stereocenters. The molecule has 0 bridgehead atoms. The van der Waals surface area contributed by atoms with Crippen molar-refractivity contribution in [3.8, 4) is 22.5 Å². The molecule has 1 amide bonds. The Morgan fingerprint density at radius 2 is 1.67 bits per heavy atom. The Kier molecular flexibility index (Phi) is 8.41. The summed E-state index contributed by atoms with van der Waals surface area (Å²) in [6.07, 6.45) is 5.38. The minimum absolute atomic E-state index is 0.0320. The van der Waals surface area contributed by atoms with Gasteiger partial charge < -0.3 is 9.69 Å². The van der Waals surface area contributed by atoms with Gasteiger partial charge in [0, 0.05) is 42.9 Å². The van der Waals surface area contributed by atoms with Crippen LogP contribution >= 0.6 is 0 Å². The summed E-state index contributed by atoms with van der Waals surface area (Å²) in [7, 11) is 0. The van der Waals surface area contributed by atoms with Gasteiger partial charge in [-0.1, -0.05) is 61.5 Å². The van der Waals surface area contributed by atoms with E-state index in [1.165, 1.54) is 0 Å². The summed E-state index contributed by atoms with van der Waals surface area (Å²) in [4.78, 5) is 38.2. The van der Waals surface area contributed by atoms with E-state index in [9.17, 15) is 14.4 Å². The molecule has 188 valence electrons. The third-order valence-corrected chi connectivity index (χ3v) is 6.74. The average Bonchev–Trinajstić information content (AvgIpc) is 3.29. The van der Waals surface area contributed by atoms with Gasteiger partial charge in [-0.15, -0.1) is 5.10 Å². The number of rotatable bonds is 11. The third-order valence-electron chi connectivity index (χ3n) is 6.74. The second-order valence-corrected chi connectivity index (χ2v) is 9.65. The molecule has 2 aromatic carbocycles. The topological polar surface area (TPSA) is 85.2 Å². The van der Waals surface area contributed by atoms with Crippen LogP contribution in [0.3, 0.4) is 0 Å². The van der Waals surface area contributed by atoms with Gasteiger partial charge >= 0.3 is 0 Å². The van der Waals surface area contributed by atoms with Crippen molar-refractivity contribution in [2.24, 2.45) is 5.92 Å². The molecule has 0 spiro atoms. The number of fused-ring (bicyclic) bond motifs is 5. The van der Waals surface area contributed by atoms with Crippen molar-refractivity contribution >= 4 is 23.7 Å². The quantitative estimate of drug-likeness (QED) is 0.260. The molecule has 1 aromatic heterocycles. The highest BCUT2D eigenvalue weighted by molar-refractivity contribution is 6.00. The fourth-order valence-electron chi connectivity index (χ4n) is 4.68. The molecule has 0 unspecified atom stereocenters. The van der Waals surface area contributed by atoms with Crippen molar-refractivity contribution in [3.63, 3.8) is 0 Å². The lowest BCUT2D eigenvalue weighted by atomic mass is 9.95. The van der Waals surface area contributed by atoms with Crippen LogP contribution in [0.4, 0.5) is 5.69 Å². The maximum Gasteiger partial charge on any atom is 0.227 e. The Morgan fingerprint density at radius 3 is 2.44 bits per heavy atom. The lowest BCUT2D eigenvalue weighted by Gasteiger charge is -2.29. The Labute approximate surface area is 212 Å². The Morgan fingerprint density at radius 1 is 0.944 bits per heavy atom. The van der Waals surface area contributed by atoms with Crippen LogP contribution in [0.25, 0.3) is 22.5 Å². The molecule has 4 rings (SSSR count). The molecule has 0 aliphatic carbocycles. The SMILES string of the molecule is CC(C)C(=O)CCCCC(=O)N1Cc2ccccc2-c2nnn(CCCCC=O)c2-c2ccccc21. The summed E-state index contributed by atoms with van der Waals surface area (Å²) < 4.78 is 1.90. The predicted octanol–water partition coefficient (Wildman–Crippen LogP) is 5.61. The first-order valence-electron chi connectivity index (χ1n) is 12.9. The van der Waals surface area contributed by atoms with Crippen LogP contribution in [0.2, 0.25) is 0 Å². The van der Waals surface area contributed by atoms with Crippen molar-refractivity contribution in [3.05, 3.63) is 54.1 Å². The van der Waals surface area contributed by atoms with E-state index in [-0.39, 0.29) is 17.6 Å². The number of ketones is 1. The van der Waals surface area contributed by atoms with Gasteiger partial charge in [0.05, 0.1) is 17.9 Å². The molecule has 0 saturated carbocycles. The molecule has 0 radical (unpaired) electrons. The minimum atomic E-state index is 0.0320. The highest BCUT2D eigenvalue weighted by atomic mass is 16.2. The summed E-state index contributed by atoms with van der Waals surface area (Å²) in [5, 5.41) is 9.05. The van der Waals surface area contributed by atoms with Crippen molar-refractivity contribution in [1.82, 2.24) is 15.0 Å². The molecular weight excluding hydrogens is 452 g/mol. The molecule has 1 aliphatic heterocycles. The van der Waals surface area contributed by atoms with E-state index < -0.39 is 0 Å². The van der Waals surface area contributed by atoms with Gasteiger partial charge in [0.2, 0.25) is 5.91 Å². The van der Waals surface area contributed by atoms with Crippen LogP contribution in [0, 0.1) is 5.92 Å². The van der Waals surface area contributed by atoms with Crippen LogP contribution in [0.15, 0.2) is 48.5 Å². The molecule has 3 aromatic rings. The zero-order valence-electron chi connectivity index (χ0n) is 21.2. The molecule has 0 fully saturated rings. The number of para-hydroxylation sites is 1. The Balaban J connectivity index is 1.67. The number of aldehydes is 1. The van der Waals surface area contributed by atoms with E-state index in [0.29, 0.717) is 38.8 Å². The number of carbonyl (C=O) groups is 3. The van der Waals surface area contributed by atoms with E-state index in [1.54, 1.807) is 0 Å². The number of nitrogens with zero attached hydrogens (tertiary/aromatic N) is 4. The van der Waals surface area contributed by atoms with Gasteiger partial charge in [0.25, 0.3) is 0 Å². The molecule has 7 heteroatoms. The Bertz CT molecular complexity index is 1230. The number of unbranched alkanes of at least 4 members (excludes halogenated alkanes) is 3. The van der Waals surface area contributed by atoms with Gasteiger partial charge in [-0.05, 0) is 37.3 Å². The molecule has 0 N–H and O–H groups in total. The number of hydrogen-bond donors (Lipinski definition) is 0. The first-order valence-corrected chi connectivity index (χ1v) is 12.9. The fourth-order valence-corrected chi connectivity index (χ4v) is 4.68. The number of hydrogen-bond acceptors (Lipinski definition) is 5. The predicted molar refractivity (Wildman–Crippen MR) is 140 cm³/mol. The maximum atomic E-state index is 13.6. The molecule has 36 heavy (non-hydrogen) atoms. The summed E-state index contributed by atoms with van der Waals surface area (Å²) in [6, 6.07) is 16.0. The Hall–Kier alpha value is -3.61. The lowest BCUT2D eigenvalue weighted by Crippen LogP contribution is -2.31. The summed E-state index contributed by atoms with van der Waals surface area (Å²) >= 11 is 0. The molecule has 7 nitrogen and oxygen atoms in total. The van der Waals surface area contributed by atoms with E-state index in [0.717, 1.165) is 59.3 Å². The van der Waals surface area contributed by atoms with Crippen molar-refractivity contribution < 1.29 is 14.4 Å². The highest BCUT2D eigenvalue weighted by Crippen LogP contribution is 2.41. The summed E-state index contributed by atoms with van der Waals surface area (Å²) in [5.74, 6) is 0.321. The number of Topliss-reactive ketones (excluding diaryl/α,β-unsaturated/α-hetero) is 1. The van der Waals surface area contributed by atoms with Crippen LogP contribution in [-0.2, 0) is 27.5 Å². The number of benzene rings is 2. The monoisotopic (exact) mass is 486 g/mol. The molecular formula is C29H34N4O3. The van der Waals surface area contributed by atoms with Gasteiger partial charge in [0.15, 0.2) is 0 Å². The zero-order chi connectivity index (χ0) is 25.5.